The molecule has 132 valence electrons. The molecule has 8 heteroatoms. The molecule has 1 heterocycles. The van der Waals surface area contributed by atoms with Crippen LogP contribution in [0.1, 0.15) is 24.5 Å². The van der Waals surface area contributed by atoms with Crippen LogP contribution in [0.5, 0.6) is 0 Å². The summed E-state index contributed by atoms with van der Waals surface area (Å²) < 4.78 is 10.00. The number of nitrogens with zero attached hydrogens (tertiary/aromatic N) is 2. The molecule has 0 aliphatic carbocycles. The quantitative estimate of drug-likeness (QED) is 0.264. The number of rotatable bonds is 7. The molecule has 0 atom stereocenters. The van der Waals surface area contributed by atoms with E-state index in [2.05, 4.69) is 27.2 Å². The van der Waals surface area contributed by atoms with Gasteiger partial charge < -0.3 is 9.47 Å². The highest BCUT2D eigenvalue weighted by Gasteiger charge is 2.24. The van der Waals surface area contributed by atoms with Gasteiger partial charge in [-0.2, -0.15) is 5.10 Å². The number of thioether (sulfide) groups is 1. The minimum absolute atomic E-state index is 0.218. The Morgan fingerprint density at radius 1 is 1.40 bits per heavy atom. The van der Waals surface area contributed by atoms with Crippen LogP contribution in [-0.4, -0.2) is 37.0 Å². The van der Waals surface area contributed by atoms with E-state index in [1.807, 2.05) is 24.3 Å². The third-order valence-electron chi connectivity index (χ3n) is 3.02. The van der Waals surface area contributed by atoms with Gasteiger partial charge in [0.1, 0.15) is 0 Å². The van der Waals surface area contributed by atoms with Crippen molar-refractivity contribution in [1.29, 1.82) is 0 Å². The standard InChI is InChI=1S/C17H19N3O4S/c1-3-7-24-11-13-6-4-5-12(8-13)10-18-20-17-19-16(22)14(25-17)9-15(21)23-2/h4-6,8-10H,3,7,11H2,1-2H3,(H,19,20,22)/b14-9+,18-10?. The zero-order chi connectivity index (χ0) is 18.1. The molecule has 1 saturated heterocycles. The zero-order valence-electron chi connectivity index (χ0n) is 14.0. The molecule has 25 heavy (non-hydrogen) atoms. The maximum Gasteiger partial charge on any atom is 0.331 e. The Morgan fingerprint density at radius 3 is 3.00 bits per heavy atom. The van der Waals surface area contributed by atoms with Crippen molar-refractivity contribution in [3.63, 3.8) is 0 Å². The van der Waals surface area contributed by atoms with Crippen molar-refractivity contribution in [3.05, 3.63) is 46.4 Å². The summed E-state index contributed by atoms with van der Waals surface area (Å²) >= 11 is 1.03. The molecular formula is C17H19N3O4S. The van der Waals surface area contributed by atoms with E-state index >= 15 is 0 Å². The van der Waals surface area contributed by atoms with Crippen molar-refractivity contribution in [3.8, 4) is 0 Å². The number of methoxy groups -OCH3 is 1. The van der Waals surface area contributed by atoms with Crippen LogP contribution in [0.15, 0.2) is 45.4 Å². The van der Waals surface area contributed by atoms with Gasteiger partial charge in [-0.15, -0.1) is 5.10 Å². The lowest BCUT2D eigenvalue weighted by Crippen LogP contribution is -2.19. The molecular weight excluding hydrogens is 342 g/mol. The fraction of sp³-hybridized carbons (Fsp3) is 0.294. The van der Waals surface area contributed by atoms with E-state index in [0.29, 0.717) is 11.8 Å². The topological polar surface area (TPSA) is 89.4 Å². The van der Waals surface area contributed by atoms with Crippen LogP contribution in [0, 0.1) is 0 Å². The van der Waals surface area contributed by atoms with E-state index in [1.54, 1.807) is 6.21 Å². The number of hydrogen-bond donors (Lipinski definition) is 1. The minimum atomic E-state index is -0.593. The van der Waals surface area contributed by atoms with Gasteiger partial charge in [-0.05, 0) is 35.4 Å². The van der Waals surface area contributed by atoms with Crippen LogP contribution in [0.2, 0.25) is 0 Å². The van der Waals surface area contributed by atoms with Crippen LogP contribution >= 0.6 is 11.8 Å². The second-order valence-electron chi connectivity index (χ2n) is 5.04. The molecule has 1 aromatic rings. The van der Waals surface area contributed by atoms with Crippen LogP contribution in [0.25, 0.3) is 0 Å². The smallest absolute Gasteiger partial charge is 0.331 e. The van der Waals surface area contributed by atoms with Crippen molar-refractivity contribution in [2.45, 2.75) is 20.0 Å². The monoisotopic (exact) mass is 361 g/mol. The molecule has 0 spiro atoms. The second-order valence-corrected chi connectivity index (χ2v) is 6.07. The first-order valence-corrected chi connectivity index (χ1v) is 8.50. The normalized spacial score (nSPS) is 17.4. The van der Waals surface area contributed by atoms with E-state index < -0.39 is 11.9 Å². The van der Waals surface area contributed by atoms with Crippen LogP contribution in [0.4, 0.5) is 0 Å². The van der Waals surface area contributed by atoms with Gasteiger partial charge in [0.25, 0.3) is 5.91 Å². The summed E-state index contributed by atoms with van der Waals surface area (Å²) in [6.07, 6.45) is 3.69. The summed E-state index contributed by atoms with van der Waals surface area (Å²) in [7, 11) is 1.25. The van der Waals surface area contributed by atoms with Gasteiger partial charge in [-0.3, -0.25) is 10.1 Å². The molecule has 1 aromatic carbocycles. The fourth-order valence-electron chi connectivity index (χ4n) is 1.89. The van der Waals surface area contributed by atoms with Crippen molar-refractivity contribution in [2.24, 2.45) is 10.2 Å². The maximum absolute atomic E-state index is 11.7. The number of hydrogen-bond acceptors (Lipinski definition) is 7. The Morgan fingerprint density at radius 2 is 2.24 bits per heavy atom. The first-order chi connectivity index (χ1) is 12.1. The molecule has 0 aromatic heterocycles. The van der Waals surface area contributed by atoms with E-state index in [-0.39, 0.29) is 4.91 Å². The van der Waals surface area contributed by atoms with Crippen LogP contribution in [0.3, 0.4) is 0 Å². The van der Waals surface area contributed by atoms with E-state index in [4.69, 9.17) is 4.74 Å². The second kappa shape index (κ2) is 9.75. The Balaban J connectivity index is 1.97. The Labute approximate surface area is 150 Å². The third-order valence-corrected chi connectivity index (χ3v) is 3.92. The molecule has 0 saturated carbocycles. The van der Waals surface area contributed by atoms with E-state index in [1.165, 1.54) is 7.11 Å². The number of amides is 1. The summed E-state index contributed by atoms with van der Waals surface area (Å²) in [5.74, 6) is -0.996. The number of ether oxygens (including phenoxy) is 2. The molecule has 1 aliphatic heterocycles. The Hall–Kier alpha value is -2.45. The Kier molecular flexibility index (Phi) is 7.36. The summed E-state index contributed by atoms with van der Waals surface area (Å²) in [6, 6.07) is 7.76. The molecule has 1 fully saturated rings. The maximum atomic E-state index is 11.7. The average Bonchev–Trinajstić information content (AvgIpc) is 2.95. The van der Waals surface area contributed by atoms with Gasteiger partial charge in [0.05, 0.1) is 24.8 Å². The fourth-order valence-corrected chi connectivity index (χ4v) is 2.63. The summed E-state index contributed by atoms with van der Waals surface area (Å²) in [5, 5.41) is 10.8. The first kappa shape index (κ1) is 18.9. The lowest BCUT2D eigenvalue weighted by molar-refractivity contribution is -0.135. The molecule has 1 aliphatic rings. The predicted molar refractivity (Wildman–Crippen MR) is 97.3 cm³/mol. The Bertz CT molecular complexity index is 728. The minimum Gasteiger partial charge on any atom is -0.466 e. The largest absolute Gasteiger partial charge is 0.466 e. The molecule has 7 nitrogen and oxygen atoms in total. The van der Waals surface area contributed by atoms with Crippen LogP contribution < -0.4 is 5.32 Å². The van der Waals surface area contributed by atoms with Crippen molar-refractivity contribution < 1.29 is 19.1 Å². The average molecular weight is 361 g/mol. The highest BCUT2D eigenvalue weighted by atomic mass is 32.2. The van der Waals surface area contributed by atoms with Gasteiger partial charge in [0.15, 0.2) is 5.17 Å². The highest BCUT2D eigenvalue weighted by molar-refractivity contribution is 8.18. The molecule has 0 bridgehead atoms. The van der Waals surface area contributed by atoms with Crippen molar-refractivity contribution in [1.82, 2.24) is 5.32 Å². The summed E-state index contributed by atoms with van der Waals surface area (Å²) in [5.41, 5.74) is 1.93. The lowest BCUT2D eigenvalue weighted by atomic mass is 10.1. The first-order valence-electron chi connectivity index (χ1n) is 7.69. The molecule has 0 radical (unpaired) electrons. The van der Waals surface area contributed by atoms with Gasteiger partial charge in [-0.25, -0.2) is 4.79 Å². The molecule has 1 N–H and O–H groups in total. The highest BCUT2D eigenvalue weighted by Crippen LogP contribution is 2.23. The summed E-state index contributed by atoms with van der Waals surface area (Å²) in [6.45, 7) is 3.34. The number of carbonyl (C=O) groups excluding carboxylic acids is 2. The number of benzene rings is 1. The lowest BCUT2D eigenvalue weighted by Gasteiger charge is -2.03. The van der Waals surface area contributed by atoms with E-state index in [9.17, 15) is 9.59 Å². The van der Waals surface area contributed by atoms with Crippen molar-refractivity contribution in [2.75, 3.05) is 13.7 Å². The molecule has 0 unspecified atom stereocenters. The molecule has 1 amide bonds. The number of nitrogens with one attached hydrogen (secondary N) is 1. The number of carbonyl (C=O) groups is 2. The van der Waals surface area contributed by atoms with Gasteiger partial charge in [-0.1, -0.05) is 25.1 Å². The SMILES string of the molecule is CCCOCc1cccc(C=N/N=C2/NC(=O)/C(=C\C(=O)OC)S2)c1. The molecule has 2 rings (SSSR count). The van der Waals surface area contributed by atoms with E-state index in [0.717, 1.165) is 42.0 Å². The van der Waals surface area contributed by atoms with Gasteiger partial charge in [0.2, 0.25) is 0 Å². The number of amidine groups is 1. The number of esters is 1. The van der Waals surface area contributed by atoms with Gasteiger partial charge >= 0.3 is 5.97 Å². The zero-order valence-corrected chi connectivity index (χ0v) is 14.8. The van der Waals surface area contributed by atoms with Gasteiger partial charge in [0, 0.05) is 12.7 Å². The third kappa shape index (κ3) is 6.17. The summed E-state index contributed by atoms with van der Waals surface area (Å²) in [4.78, 5) is 23.1. The predicted octanol–water partition coefficient (Wildman–Crippen LogP) is 2.22. The van der Waals surface area contributed by atoms with Crippen molar-refractivity contribution >= 4 is 35.0 Å². The van der Waals surface area contributed by atoms with Crippen LogP contribution in [-0.2, 0) is 25.7 Å².